The number of piperidine rings is 1. The van der Waals surface area contributed by atoms with E-state index in [0.29, 0.717) is 12.1 Å². The summed E-state index contributed by atoms with van der Waals surface area (Å²) in [5, 5.41) is 12.4. The molecule has 78 valence electrons. The second-order valence-corrected chi connectivity index (χ2v) is 3.82. The number of nitrogens with one attached hydrogen (secondary N) is 1. The summed E-state index contributed by atoms with van der Waals surface area (Å²) in [6, 6.07) is 0. The Morgan fingerprint density at radius 2 is 2.50 bits per heavy atom. The van der Waals surface area contributed by atoms with Gasteiger partial charge in [-0.25, -0.2) is 0 Å². The second kappa shape index (κ2) is 3.61. The number of ether oxygens (including phenoxy) is 1. The van der Waals surface area contributed by atoms with Crippen molar-refractivity contribution in [3.05, 3.63) is 11.8 Å². The van der Waals surface area contributed by atoms with E-state index >= 15 is 0 Å². The SMILES string of the molecule is CCC1C(O)OC=C2C(=O)NCCC21. The van der Waals surface area contributed by atoms with Crippen LogP contribution in [0.4, 0.5) is 0 Å². The number of hydrogen-bond acceptors (Lipinski definition) is 3. The van der Waals surface area contributed by atoms with Crippen LogP contribution in [0.5, 0.6) is 0 Å². The van der Waals surface area contributed by atoms with E-state index < -0.39 is 6.29 Å². The first-order chi connectivity index (χ1) is 6.74. The van der Waals surface area contributed by atoms with E-state index in [-0.39, 0.29) is 17.7 Å². The number of carbonyl (C=O) groups excluding carboxylic acids is 1. The van der Waals surface area contributed by atoms with Crippen molar-refractivity contribution < 1.29 is 14.6 Å². The van der Waals surface area contributed by atoms with Crippen molar-refractivity contribution in [2.75, 3.05) is 6.54 Å². The third-order valence-corrected chi connectivity index (χ3v) is 3.09. The molecule has 0 radical (unpaired) electrons. The van der Waals surface area contributed by atoms with Gasteiger partial charge in [-0.1, -0.05) is 6.92 Å². The molecule has 1 saturated heterocycles. The average molecular weight is 197 g/mol. The maximum atomic E-state index is 11.5. The Morgan fingerprint density at radius 3 is 3.21 bits per heavy atom. The molecule has 2 heterocycles. The maximum absolute atomic E-state index is 11.5. The van der Waals surface area contributed by atoms with Crippen LogP contribution in [0.3, 0.4) is 0 Å². The molecule has 0 bridgehead atoms. The van der Waals surface area contributed by atoms with E-state index in [1.807, 2.05) is 6.92 Å². The lowest BCUT2D eigenvalue weighted by Crippen LogP contribution is -2.44. The van der Waals surface area contributed by atoms with Crippen LogP contribution >= 0.6 is 0 Å². The minimum Gasteiger partial charge on any atom is -0.472 e. The molecule has 0 aromatic heterocycles. The summed E-state index contributed by atoms with van der Waals surface area (Å²) in [6.45, 7) is 2.71. The van der Waals surface area contributed by atoms with Gasteiger partial charge in [0.15, 0.2) is 6.29 Å². The van der Waals surface area contributed by atoms with E-state index in [9.17, 15) is 9.90 Å². The zero-order valence-electron chi connectivity index (χ0n) is 8.19. The highest BCUT2D eigenvalue weighted by Crippen LogP contribution is 2.35. The fourth-order valence-corrected chi connectivity index (χ4v) is 2.28. The van der Waals surface area contributed by atoms with Crippen molar-refractivity contribution in [2.45, 2.75) is 26.1 Å². The molecule has 3 unspecified atom stereocenters. The first-order valence-electron chi connectivity index (χ1n) is 5.05. The summed E-state index contributed by atoms with van der Waals surface area (Å²) in [4.78, 5) is 11.5. The summed E-state index contributed by atoms with van der Waals surface area (Å²) in [5.74, 6) is 0.171. The molecule has 2 rings (SSSR count). The summed E-state index contributed by atoms with van der Waals surface area (Å²) in [7, 11) is 0. The summed E-state index contributed by atoms with van der Waals surface area (Å²) < 4.78 is 5.05. The third-order valence-electron chi connectivity index (χ3n) is 3.09. The molecular formula is C10H15NO3. The predicted molar refractivity (Wildman–Crippen MR) is 50.1 cm³/mol. The average Bonchev–Trinajstić information content (AvgIpc) is 2.18. The van der Waals surface area contributed by atoms with Crippen LogP contribution < -0.4 is 5.32 Å². The largest absolute Gasteiger partial charge is 0.472 e. The number of carbonyl (C=O) groups is 1. The zero-order valence-corrected chi connectivity index (χ0v) is 8.19. The number of fused-ring (bicyclic) bond motifs is 1. The Bertz CT molecular complexity index is 275. The fraction of sp³-hybridized carbons (Fsp3) is 0.700. The highest BCUT2D eigenvalue weighted by atomic mass is 16.6. The summed E-state index contributed by atoms with van der Waals surface area (Å²) >= 11 is 0. The first kappa shape index (κ1) is 9.52. The van der Waals surface area contributed by atoms with Crippen LogP contribution in [0.25, 0.3) is 0 Å². The van der Waals surface area contributed by atoms with Crippen LogP contribution in [0.1, 0.15) is 19.8 Å². The van der Waals surface area contributed by atoms with Crippen LogP contribution in [-0.4, -0.2) is 23.8 Å². The van der Waals surface area contributed by atoms with Gasteiger partial charge in [-0.2, -0.15) is 0 Å². The molecule has 0 spiro atoms. The topological polar surface area (TPSA) is 58.6 Å². The van der Waals surface area contributed by atoms with E-state index in [1.165, 1.54) is 6.26 Å². The number of rotatable bonds is 1. The monoisotopic (exact) mass is 197 g/mol. The van der Waals surface area contributed by atoms with Crippen molar-refractivity contribution in [1.29, 1.82) is 0 Å². The van der Waals surface area contributed by atoms with Crippen LogP contribution in [0.2, 0.25) is 0 Å². The second-order valence-electron chi connectivity index (χ2n) is 3.82. The normalized spacial score (nSPS) is 36.6. The molecule has 1 amide bonds. The molecule has 4 nitrogen and oxygen atoms in total. The predicted octanol–water partition coefficient (Wildman–Crippen LogP) is 0.381. The fourth-order valence-electron chi connectivity index (χ4n) is 2.28. The minimum atomic E-state index is -0.750. The molecule has 4 heteroatoms. The smallest absolute Gasteiger partial charge is 0.250 e. The molecule has 2 N–H and O–H groups in total. The van der Waals surface area contributed by atoms with Gasteiger partial charge in [0.2, 0.25) is 0 Å². The lowest BCUT2D eigenvalue weighted by Gasteiger charge is -2.37. The summed E-state index contributed by atoms with van der Waals surface area (Å²) in [5.41, 5.74) is 0.688. The van der Waals surface area contributed by atoms with Gasteiger partial charge in [0.1, 0.15) is 0 Å². The number of aliphatic hydroxyl groups is 1. The Labute approximate surface area is 82.9 Å². The molecule has 0 saturated carbocycles. The molecular weight excluding hydrogens is 182 g/mol. The Kier molecular flexibility index (Phi) is 2.46. The minimum absolute atomic E-state index is 0.0494. The Hall–Kier alpha value is -1.03. The standard InChI is InChI=1S/C10H15NO3/c1-2-6-7-3-4-11-9(12)8(7)5-14-10(6)13/h5-7,10,13H,2-4H2,1H3,(H,11,12). The van der Waals surface area contributed by atoms with Gasteiger partial charge in [-0.3, -0.25) is 4.79 Å². The van der Waals surface area contributed by atoms with E-state index in [1.54, 1.807) is 0 Å². The van der Waals surface area contributed by atoms with Crippen molar-refractivity contribution >= 4 is 5.91 Å². The molecule has 2 aliphatic heterocycles. The lowest BCUT2D eigenvalue weighted by molar-refractivity contribution is -0.134. The van der Waals surface area contributed by atoms with Gasteiger partial charge in [-0.05, 0) is 12.8 Å². The number of hydrogen-bond donors (Lipinski definition) is 2. The van der Waals surface area contributed by atoms with Crippen LogP contribution in [0.15, 0.2) is 11.8 Å². The van der Waals surface area contributed by atoms with Gasteiger partial charge < -0.3 is 15.2 Å². The molecule has 0 aliphatic carbocycles. The van der Waals surface area contributed by atoms with Crippen molar-refractivity contribution in [1.82, 2.24) is 5.32 Å². The van der Waals surface area contributed by atoms with Crippen molar-refractivity contribution in [3.8, 4) is 0 Å². The van der Waals surface area contributed by atoms with Gasteiger partial charge >= 0.3 is 0 Å². The first-order valence-corrected chi connectivity index (χ1v) is 5.05. The summed E-state index contributed by atoms with van der Waals surface area (Å²) in [6.07, 6.45) is 2.39. The van der Waals surface area contributed by atoms with Gasteiger partial charge in [-0.15, -0.1) is 0 Å². The number of aliphatic hydroxyl groups excluding tert-OH is 1. The molecule has 1 fully saturated rings. The lowest BCUT2D eigenvalue weighted by atomic mass is 9.78. The molecule has 14 heavy (non-hydrogen) atoms. The van der Waals surface area contributed by atoms with Crippen LogP contribution in [-0.2, 0) is 9.53 Å². The van der Waals surface area contributed by atoms with Gasteiger partial charge in [0.05, 0.1) is 11.8 Å². The van der Waals surface area contributed by atoms with Gasteiger partial charge in [0, 0.05) is 18.4 Å². The van der Waals surface area contributed by atoms with E-state index in [2.05, 4.69) is 5.32 Å². The highest BCUT2D eigenvalue weighted by molar-refractivity contribution is 5.94. The molecule has 0 aromatic carbocycles. The Balaban J connectivity index is 2.25. The highest BCUT2D eigenvalue weighted by Gasteiger charge is 2.38. The van der Waals surface area contributed by atoms with E-state index in [4.69, 9.17) is 4.74 Å². The van der Waals surface area contributed by atoms with E-state index in [0.717, 1.165) is 12.8 Å². The van der Waals surface area contributed by atoms with Gasteiger partial charge in [0.25, 0.3) is 5.91 Å². The van der Waals surface area contributed by atoms with Crippen molar-refractivity contribution in [3.63, 3.8) is 0 Å². The zero-order chi connectivity index (χ0) is 10.1. The maximum Gasteiger partial charge on any atom is 0.250 e. The Morgan fingerprint density at radius 1 is 1.71 bits per heavy atom. The number of amides is 1. The third kappa shape index (κ3) is 1.39. The molecule has 0 aromatic rings. The van der Waals surface area contributed by atoms with Crippen LogP contribution in [0, 0.1) is 11.8 Å². The van der Waals surface area contributed by atoms with Crippen molar-refractivity contribution in [2.24, 2.45) is 11.8 Å². The molecule has 3 atom stereocenters. The quantitative estimate of drug-likeness (QED) is 0.639. The molecule has 2 aliphatic rings.